The Morgan fingerprint density at radius 2 is 1.74 bits per heavy atom. The Hall–Kier alpha value is -1.13. The van der Waals surface area contributed by atoms with E-state index in [0.717, 1.165) is 16.7 Å². The van der Waals surface area contributed by atoms with Crippen molar-refractivity contribution in [1.82, 2.24) is 5.32 Å². The fraction of sp³-hybridized carbons (Fsp3) is 0.316. The van der Waals surface area contributed by atoms with E-state index in [2.05, 4.69) is 48.6 Å². The van der Waals surface area contributed by atoms with Crippen LogP contribution in [0.25, 0.3) is 11.1 Å². The molecule has 0 bridgehead atoms. The summed E-state index contributed by atoms with van der Waals surface area (Å²) >= 11 is 0. The molecule has 0 aliphatic carbocycles. The SMILES string of the molecule is Cc1ccc(-c2cccc(CN[C@H](C(=O)[O-])C(C)C)c2)cc1.[Na+]. The molecule has 2 aromatic carbocycles. The molecular weight excluding hydrogens is 297 g/mol. The summed E-state index contributed by atoms with van der Waals surface area (Å²) in [6.07, 6.45) is 0. The van der Waals surface area contributed by atoms with E-state index in [1.807, 2.05) is 26.0 Å². The van der Waals surface area contributed by atoms with Crippen molar-refractivity contribution in [2.24, 2.45) is 5.92 Å². The molecule has 4 heteroatoms. The largest absolute Gasteiger partial charge is 1.00 e. The molecule has 0 radical (unpaired) electrons. The summed E-state index contributed by atoms with van der Waals surface area (Å²) in [5.74, 6) is -1.06. The van der Waals surface area contributed by atoms with E-state index < -0.39 is 12.0 Å². The van der Waals surface area contributed by atoms with Gasteiger partial charge in [0.05, 0.1) is 5.97 Å². The maximum absolute atomic E-state index is 11.1. The maximum Gasteiger partial charge on any atom is 1.00 e. The zero-order valence-corrected chi connectivity index (χ0v) is 16.3. The second kappa shape index (κ2) is 9.24. The molecule has 2 aromatic rings. The van der Waals surface area contributed by atoms with Crippen LogP contribution < -0.4 is 40.0 Å². The number of rotatable bonds is 6. The number of carboxylic acid groups (broad SMARTS) is 1. The van der Waals surface area contributed by atoms with Gasteiger partial charge in [-0.1, -0.05) is 61.9 Å². The van der Waals surface area contributed by atoms with E-state index in [4.69, 9.17) is 0 Å². The number of nitrogens with one attached hydrogen (secondary N) is 1. The van der Waals surface area contributed by atoms with Gasteiger partial charge in [0.1, 0.15) is 0 Å². The first-order chi connectivity index (χ1) is 10.5. The minimum atomic E-state index is -1.05. The second-order valence-corrected chi connectivity index (χ2v) is 5.99. The molecular formula is C19H22NNaO2. The van der Waals surface area contributed by atoms with E-state index in [1.54, 1.807) is 0 Å². The Balaban J connectivity index is 0.00000264. The predicted octanol–water partition coefficient (Wildman–Crippen LogP) is -0.470. The zero-order valence-electron chi connectivity index (χ0n) is 14.3. The third kappa shape index (κ3) is 5.78. The molecule has 23 heavy (non-hydrogen) atoms. The Morgan fingerprint density at radius 3 is 2.30 bits per heavy atom. The maximum atomic E-state index is 11.1. The van der Waals surface area contributed by atoms with Gasteiger partial charge in [-0.3, -0.25) is 0 Å². The van der Waals surface area contributed by atoms with Crippen molar-refractivity contribution in [3.8, 4) is 11.1 Å². The first-order valence-corrected chi connectivity index (χ1v) is 7.57. The molecule has 0 heterocycles. The number of carboxylic acids is 1. The van der Waals surface area contributed by atoms with Crippen LogP contribution in [0, 0.1) is 12.8 Å². The molecule has 0 unspecified atom stereocenters. The van der Waals surface area contributed by atoms with Crippen LogP contribution in [0.2, 0.25) is 0 Å². The van der Waals surface area contributed by atoms with Crippen LogP contribution in [-0.4, -0.2) is 12.0 Å². The van der Waals surface area contributed by atoms with Gasteiger partial charge in [0.15, 0.2) is 0 Å². The van der Waals surface area contributed by atoms with Crippen molar-refractivity contribution < 1.29 is 39.5 Å². The van der Waals surface area contributed by atoms with Gasteiger partial charge in [0, 0.05) is 12.6 Å². The molecule has 0 aromatic heterocycles. The van der Waals surface area contributed by atoms with Crippen molar-refractivity contribution >= 4 is 5.97 Å². The topological polar surface area (TPSA) is 52.2 Å². The van der Waals surface area contributed by atoms with Crippen LogP contribution in [0.1, 0.15) is 25.0 Å². The van der Waals surface area contributed by atoms with Crippen molar-refractivity contribution in [1.29, 1.82) is 0 Å². The zero-order chi connectivity index (χ0) is 16.1. The molecule has 0 fully saturated rings. The predicted molar refractivity (Wildman–Crippen MR) is 87.1 cm³/mol. The van der Waals surface area contributed by atoms with Crippen LogP contribution in [0.3, 0.4) is 0 Å². The van der Waals surface area contributed by atoms with E-state index >= 15 is 0 Å². The molecule has 0 aliphatic rings. The number of aryl methyl sites for hydroxylation is 1. The Kier molecular flexibility index (Phi) is 8.00. The third-order valence-corrected chi connectivity index (χ3v) is 3.76. The number of carbonyl (C=O) groups is 1. The van der Waals surface area contributed by atoms with Crippen molar-refractivity contribution in [3.63, 3.8) is 0 Å². The number of hydrogen-bond acceptors (Lipinski definition) is 3. The molecule has 0 amide bonds. The smallest absolute Gasteiger partial charge is 0.548 e. The van der Waals surface area contributed by atoms with Gasteiger partial charge in [-0.15, -0.1) is 0 Å². The quantitative estimate of drug-likeness (QED) is 0.733. The fourth-order valence-electron chi connectivity index (χ4n) is 2.43. The number of aliphatic carboxylic acids is 1. The van der Waals surface area contributed by atoms with Gasteiger partial charge in [-0.05, 0) is 35.6 Å². The summed E-state index contributed by atoms with van der Waals surface area (Å²) in [5.41, 5.74) is 4.59. The third-order valence-electron chi connectivity index (χ3n) is 3.76. The fourth-order valence-corrected chi connectivity index (χ4v) is 2.43. The molecule has 2 rings (SSSR count). The molecule has 0 saturated carbocycles. The second-order valence-electron chi connectivity index (χ2n) is 5.99. The molecule has 3 nitrogen and oxygen atoms in total. The monoisotopic (exact) mass is 319 g/mol. The van der Waals surface area contributed by atoms with Crippen LogP contribution in [0.5, 0.6) is 0 Å². The van der Waals surface area contributed by atoms with Gasteiger partial charge in [-0.2, -0.15) is 0 Å². The summed E-state index contributed by atoms with van der Waals surface area (Å²) in [6, 6.07) is 15.9. The van der Waals surface area contributed by atoms with Crippen LogP contribution in [0.15, 0.2) is 48.5 Å². The first kappa shape index (κ1) is 19.9. The normalized spacial score (nSPS) is 11.8. The summed E-state index contributed by atoms with van der Waals surface area (Å²) in [6.45, 7) is 6.32. The molecule has 0 spiro atoms. The van der Waals surface area contributed by atoms with Gasteiger partial charge in [-0.25, -0.2) is 0 Å². The van der Waals surface area contributed by atoms with Gasteiger partial charge >= 0.3 is 29.6 Å². The van der Waals surface area contributed by atoms with Crippen LogP contribution >= 0.6 is 0 Å². The summed E-state index contributed by atoms with van der Waals surface area (Å²) < 4.78 is 0. The molecule has 0 aliphatic heterocycles. The Bertz CT molecular complexity index is 638. The van der Waals surface area contributed by atoms with Crippen LogP contribution in [-0.2, 0) is 11.3 Å². The molecule has 1 atom stereocenters. The van der Waals surface area contributed by atoms with Crippen molar-refractivity contribution in [2.75, 3.05) is 0 Å². The summed E-state index contributed by atoms with van der Waals surface area (Å²) in [7, 11) is 0. The number of benzene rings is 2. The minimum absolute atomic E-state index is 0. The van der Waals surface area contributed by atoms with E-state index in [1.165, 1.54) is 5.56 Å². The molecule has 116 valence electrons. The first-order valence-electron chi connectivity index (χ1n) is 7.57. The average Bonchev–Trinajstić information content (AvgIpc) is 2.48. The van der Waals surface area contributed by atoms with Crippen molar-refractivity contribution in [2.45, 2.75) is 33.4 Å². The van der Waals surface area contributed by atoms with Crippen LogP contribution in [0.4, 0.5) is 0 Å². The Labute approximate surface area is 160 Å². The van der Waals surface area contributed by atoms with E-state index in [0.29, 0.717) is 6.54 Å². The minimum Gasteiger partial charge on any atom is -0.548 e. The van der Waals surface area contributed by atoms with Gasteiger partial charge in [0.2, 0.25) is 0 Å². The molecule has 1 N–H and O–H groups in total. The van der Waals surface area contributed by atoms with Gasteiger partial charge < -0.3 is 15.2 Å². The van der Waals surface area contributed by atoms with Crippen molar-refractivity contribution in [3.05, 3.63) is 59.7 Å². The number of carbonyl (C=O) groups excluding carboxylic acids is 1. The van der Waals surface area contributed by atoms with Gasteiger partial charge in [0.25, 0.3) is 0 Å². The van der Waals surface area contributed by atoms with E-state index in [-0.39, 0.29) is 35.5 Å². The number of hydrogen-bond donors (Lipinski definition) is 1. The summed E-state index contributed by atoms with van der Waals surface area (Å²) in [4.78, 5) is 11.1. The Morgan fingerprint density at radius 1 is 1.09 bits per heavy atom. The van der Waals surface area contributed by atoms with E-state index in [9.17, 15) is 9.90 Å². The summed E-state index contributed by atoms with van der Waals surface area (Å²) in [5, 5.41) is 14.2. The average molecular weight is 319 g/mol. The molecule has 0 saturated heterocycles. The standard InChI is InChI=1S/C19H23NO2.Na/c1-13(2)18(19(21)22)20-12-15-5-4-6-17(11-15)16-9-7-14(3)8-10-16;/h4-11,13,18,20H,12H2,1-3H3,(H,21,22);/q;+1/p-1/t18-;/m0./s1.